The van der Waals surface area contributed by atoms with Gasteiger partial charge in [-0.05, 0) is 117 Å². The Balaban J connectivity index is 1.62. The first-order valence-electron chi connectivity index (χ1n) is 13.3. The Hall–Kier alpha value is -0.520. The Morgan fingerprint density at radius 1 is 1.00 bits per heavy atom. The fraction of sp³-hybridized carbons (Fsp3) is 0.867. The molecule has 0 aromatic rings. The quantitative estimate of drug-likeness (QED) is 0.405. The van der Waals surface area contributed by atoms with Crippen LogP contribution in [-0.2, 0) is 0 Å². The van der Waals surface area contributed by atoms with Crippen molar-refractivity contribution in [3.63, 3.8) is 0 Å². The Bertz CT molecular complexity index is 718. The lowest BCUT2D eigenvalue weighted by molar-refractivity contribution is -0.164. The summed E-state index contributed by atoms with van der Waals surface area (Å²) < 4.78 is 0. The molecular weight excluding hydrogens is 360 g/mol. The SMILES string of the molecule is CC(C)=CCC[C@@H](C)[C@@H]1CC[C@]2(C)C1=CC[C@@H]1[C@@]3(C)CCCC(C)(C)[C@@H]3CC[C@]12C. The van der Waals surface area contributed by atoms with E-state index in [1.54, 1.807) is 0 Å². The molecule has 4 aliphatic rings. The molecule has 0 amide bonds. The van der Waals surface area contributed by atoms with E-state index in [9.17, 15) is 0 Å². The van der Waals surface area contributed by atoms with Gasteiger partial charge in [0.1, 0.15) is 0 Å². The minimum absolute atomic E-state index is 0.445. The third-order valence-electron chi connectivity index (χ3n) is 11.5. The predicted octanol–water partition coefficient (Wildman–Crippen LogP) is 9.36. The van der Waals surface area contributed by atoms with E-state index in [1.807, 2.05) is 5.57 Å². The van der Waals surface area contributed by atoms with Gasteiger partial charge < -0.3 is 0 Å². The highest BCUT2D eigenvalue weighted by atomic mass is 14.7. The molecule has 0 N–H and O–H groups in total. The molecule has 170 valence electrons. The van der Waals surface area contributed by atoms with Crippen molar-refractivity contribution in [1.29, 1.82) is 0 Å². The van der Waals surface area contributed by atoms with Crippen LogP contribution in [0.4, 0.5) is 0 Å². The van der Waals surface area contributed by atoms with Gasteiger partial charge in [-0.25, -0.2) is 0 Å². The van der Waals surface area contributed by atoms with Crippen molar-refractivity contribution in [3.8, 4) is 0 Å². The molecule has 0 unspecified atom stereocenters. The minimum atomic E-state index is 0.445. The second-order valence-electron chi connectivity index (χ2n) is 13.6. The van der Waals surface area contributed by atoms with E-state index in [1.165, 1.54) is 69.8 Å². The fourth-order valence-electron chi connectivity index (χ4n) is 9.66. The monoisotopic (exact) mass is 410 g/mol. The highest BCUT2D eigenvalue weighted by Gasteiger charge is 2.65. The number of fused-ring (bicyclic) bond motifs is 5. The van der Waals surface area contributed by atoms with Gasteiger partial charge in [0.2, 0.25) is 0 Å². The standard InChI is InChI=1S/C30H50/c1-21(2)11-9-12-22(3)23-15-19-29(7)24(23)13-14-26-28(6)18-10-17-27(4,5)25(28)16-20-30(26,29)8/h11,13,22-23,25-26H,9-10,12,14-20H2,1-8H3/t22-,23+,25+,26-,28+,29-,30-/m1/s1. The summed E-state index contributed by atoms with van der Waals surface area (Å²) >= 11 is 0. The van der Waals surface area contributed by atoms with Gasteiger partial charge in [0.15, 0.2) is 0 Å². The van der Waals surface area contributed by atoms with E-state index in [2.05, 4.69) is 67.5 Å². The molecule has 0 aromatic carbocycles. The van der Waals surface area contributed by atoms with E-state index in [0.29, 0.717) is 21.7 Å². The number of hydrogen-bond donors (Lipinski definition) is 0. The zero-order valence-corrected chi connectivity index (χ0v) is 21.5. The van der Waals surface area contributed by atoms with E-state index in [4.69, 9.17) is 0 Å². The van der Waals surface area contributed by atoms with Gasteiger partial charge >= 0.3 is 0 Å². The molecule has 0 bridgehead atoms. The van der Waals surface area contributed by atoms with Crippen molar-refractivity contribution < 1.29 is 0 Å². The van der Waals surface area contributed by atoms with E-state index < -0.39 is 0 Å². The molecule has 7 atom stereocenters. The van der Waals surface area contributed by atoms with Crippen molar-refractivity contribution in [2.24, 2.45) is 45.3 Å². The van der Waals surface area contributed by atoms with Crippen molar-refractivity contribution in [3.05, 3.63) is 23.3 Å². The molecular formula is C30H50. The molecule has 3 fully saturated rings. The van der Waals surface area contributed by atoms with Gasteiger partial charge in [0.05, 0.1) is 0 Å². The summed E-state index contributed by atoms with van der Waals surface area (Å²) in [6.07, 6.45) is 19.4. The third kappa shape index (κ3) is 3.21. The molecule has 30 heavy (non-hydrogen) atoms. The van der Waals surface area contributed by atoms with Crippen molar-refractivity contribution in [2.75, 3.05) is 0 Å². The Kier molecular flexibility index (Phi) is 5.68. The molecule has 4 aliphatic carbocycles. The van der Waals surface area contributed by atoms with Crippen molar-refractivity contribution in [2.45, 2.75) is 120 Å². The largest absolute Gasteiger partial charge is 0.0859 e. The molecule has 0 aromatic heterocycles. The molecule has 0 heterocycles. The van der Waals surface area contributed by atoms with Gasteiger partial charge in [0.25, 0.3) is 0 Å². The first-order valence-corrected chi connectivity index (χ1v) is 13.3. The van der Waals surface area contributed by atoms with Crippen LogP contribution >= 0.6 is 0 Å². The van der Waals surface area contributed by atoms with Gasteiger partial charge in [-0.1, -0.05) is 71.3 Å². The summed E-state index contributed by atoms with van der Waals surface area (Å²) in [5, 5.41) is 0. The van der Waals surface area contributed by atoms with E-state index in [0.717, 1.165) is 23.7 Å². The number of rotatable bonds is 4. The highest BCUT2D eigenvalue weighted by molar-refractivity contribution is 5.32. The first-order chi connectivity index (χ1) is 14.0. The smallest absolute Gasteiger partial charge is 0.00566 e. The second kappa shape index (κ2) is 7.52. The van der Waals surface area contributed by atoms with Crippen LogP contribution in [0.15, 0.2) is 23.3 Å². The van der Waals surface area contributed by atoms with Gasteiger partial charge in [-0.3, -0.25) is 0 Å². The molecule has 0 saturated heterocycles. The summed E-state index contributed by atoms with van der Waals surface area (Å²) in [5.41, 5.74) is 5.41. The third-order valence-corrected chi connectivity index (χ3v) is 11.5. The highest BCUT2D eigenvalue weighted by Crippen LogP contribution is 2.74. The maximum absolute atomic E-state index is 2.80. The maximum Gasteiger partial charge on any atom is -0.00566 e. The summed E-state index contributed by atoms with van der Waals surface area (Å²) in [5.74, 6) is 3.48. The molecule has 3 saturated carbocycles. The van der Waals surface area contributed by atoms with Crippen LogP contribution in [0.2, 0.25) is 0 Å². The van der Waals surface area contributed by atoms with E-state index in [-0.39, 0.29) is 0 Å². The lowest BCUT2D eigenvalue weighted by Crippen LogP contribution is -2.60. The van der Waals surface area contributed by atoms with Crippen LogP contribution in [0.3, 0.4) is 0 Å². The summed E-state index contributed by atoms with van der Waals surface area (Å²) in [6.45, 7) is 20.4. The van der Waals surface area contributed by atoms with Crippen LogP contribution in [-0.4, -0.2) is 0 Å². The van der Waals surface area contributed by atoms with Crippen LogP contribution in [0, 0.1) is 45.3 Å². The average molecular weight is 411 g/mol. The minimum Gasteiger partial charge on any atom is -0.0859 e. The number of hydrogen-bond acceptors (Lipinski definition) is 0. The Labute approximate surface area is 188 Å². The van der Waals surface area contributed by atoms with Crippen LogP contribution in [0.25, 0.3) is 0 Å². The Morgan fingerprint density at radius 3 is 2.43 bits per heavy atom. The fourth-order valence-corrected chi connectivity index (χ4v) is 9.66. The predicted molar refractivity (Wildman–Crippen MR) is 131 cm³/mol. The summed E-state index contributed by atoms with van der Waals surface area (Å²) in [7, 11) is 0. The lowest BCUT2D eigenvalue weighted by atomic mass is 9.37. The normalized spacial score (nSPS) is 45.6. The van der Waals surface area contributed by atoms with Gasteiger partial charge in [0, 0.05) is 0 Å². The van der Waals surface area contributed by atoms with E-state index >= 15 is 0 Å². The summed E-state index contributed by atoms with van der Waals surface area (Å²) in [6, 6.07) is 0. The lowest BCUT2D eigenvalue weighted by Gasteiger charge is -2.67. The van der Waals surface area contributed by atoms with Crippen molar-refractivity contribution >= 4 is 0 Å². The van der Waals surface area contributed by atoms with Gasteiger partial charge in [-0.2, -0.15) is 0 Å². The molecule has 0 radical (unpaired) electrons. The topological polar surface area (TPSA) is 0 Å². The average Bonchev–Trinajstić information content (AvgIpc) is 2.99. The van der Waals surface area contributed by atoms with Crippen molar-refractivity contribution in [1.82, 2.24) is 0 Å². The number of allylic oxidation sites excluding steroid dienone is 4. The molecule has 0 nitrogen and oxygen atoms in total. The molecule has 0 spiro atoms. The van der Waals surface area contributed by atoms with Crippen LogP contribution in [0.1, 0.15) is 120 Å². The van der Waals surface area contributed by atoms with Crippen LogP contribution < -0.4 is 0 Å². The van der Waals surface area contributed by atoms with Crippen LogP contribution in [0.5, 0.6) is 0 Å². The molecule has 4 rings (SSSR count). The zero-order chi connectivity index (χ0) is 21.9. The Morgan fingerprint density at radius 2 is 1.73 bits per heavy atom. The summed E-state index contributed by atoms with van der Waals surface area (Å²) in [4.78, 5) is 0. The molecule has 0 heteroatoms. The zero-order valence-electron chi connectivity index (χ0n) is 21.5. The molecule has 0 aliphatic heterocycles. The second-order valence-corrected chi connectivity index (χ2v) is 13.6. The first kappa shape index (κ1) is 22.7. The van der Waals surface area contributed by atoms with Gasteiger partial charge in [-0.15, -0.1) is 0 Å². The maximum atomic E-state index is 2.80.